The van der Waals surface area contributed by atoms with Crippen LogP contribution in [0, 0.1) is 5.41 Å². The molecule has 3 nitrogen and oxygen atoms in total. The van der Waals surface area contributed by atoms with E-state index in [4.69, 9.17) is 14.4 Å². The van der Waals surface area contributed by atoms with Crippen molar-refractivity contribution in [3.05, 3.63) is 95.8 Å². The maximum atomic E-state index is 6.14. The van der Waals surface area contributed by atoms with Gasteiger partial charge >= 0.3 is 0 Å². The molecule has 0 radical (unpaired) electrons. The molecule has 3 heteroatoms. The molecule has 0 amide bonds. The zero-order valence-corrected chi connectivity index (χ0v) is 20.9. The van der Waals surface area contributed by atoms with Gasteiger partial charge in [0.1, 0.15) is 11.1 Å². The van der Waals surface area contributed by atoms with Gasteiger partial charge in [0.2, 0.25) is 0 Å². The minimum Gasteiger partial charge on any atom is -0.454 e. The second-order valence-corrected chi connectivity index (χ2v) is 10.9. The van der Waals surface area contributed by atoms with Crippen LogP contribution in [0.1, 0.15) is 64.3 Å². The number of pyridine rings is 2. The Bertz CT molecular complexity index is 1470. The summed E-state index contributed by atoms with van der Waals surface area (Å²) >= 11 is 0. The molecule has 5 rings (SSSR count). The van der Waals surface area contributed by atoms with Crippen molar-refractivity contribution in [1.82, 2.24) is 9.97 Å². The highest BCUT2D eigenvalue weighted by Gasteiger charge is 2.26. The molecule has 2 aromatic carbocycles. The van der Waals surface area contributed by atoms with Crippen LogP contribution in [0.2, 0.25) is 0 Å². The molecule has 0 aliphatic carbocycles. The van der Waals surface area contributed by atoms with Gasteiger partial charge in [-0.05, 0) is 64.9 Å². The van der Waals surface area contributed by atoms with Crippen LogP contribution in [-0.4, -0.2) is 9.97 Å². The third-order valence-electron chi connectivity index (χ3n) is 7.33. The van der Waals surface area contributed by atoms with Crippen LogP contribution < -0.4 is 0 Å². The number of fused-ring (bicyclic) bond motifs is 3. The average Bonchev–Trinajstić information content (AvgIpc) is 3.21. The predicted molar refractivity (Wildman–Crippen MR) is 141 cm³/mol. The maximum absolute atomic E-state index is 6.14. The summed E-state index contributed by atoms with van der Waals surface area (Å²) in [6.45, 7) is 13.6. The maximum Gasteiger partial charge on any atom is 0.153 e. The van der Waals surface area contributed by atoms with Gasteiger partial charge in [-0.1, -0.05) is 71.9 Å². The molecule has 1 unspecified atom stereocenters. The van der Waals surface area contributed by atoms with Crippen molar-refractivity contribution in [2.45, 2.75) is 52.9 Å². The van der Waals surface area contributed by atoms with Crippen LogP contribution in [0.25, 0.3) is 33.3 Å². The van der Waals surface area contributed by atoms with Crippen LogP contribution in [0.4, 0.5) is 0 Å². The third kappa shape index (κ3) is 3.90. The standard InChI is InChI=1S/C31H32N2O/c1-20(30(2,3)4)21-16-17-32-25(19-21)22-12-13-26-24(18-22)29-27(34-26)14-15-28(33-29)31(5,6)23-10-8-7-9-11-23/h7-20H,1-6H3. The van der Waals surface area contributed by atoms with E-state index in [2.05, 4.69) is 96.1 Å². The lowest BCUT2D eigenvalue weighted by molar-refractivity contribution is 0.339. The first kappa shape index (κ1) is 22.3. The predicted octanol–water partition coefficient (Wildman–Crippen LogP) is 8.52. The van der Waals surface area contributed by atoms with E-state index in [1.54, 1.807) is 0 Å². The lowest BCUT2D eigenvalue weighted by Crippen LogP contribution is -2.20. The SMILES string of the molecule is CC(c1ccnc(-c2ccc3oc4ccc(C(C)(C)c5ccccc5)nc4c3c2)c1)C(C)(C)C. The number of rotatable bonds is 4. The Morgan fingerprint density at radius 3 is 2.26 bits per heavy atom. The van der Waals surface area contributed by atoms with Crippen LogP contribution in [0.5, 0.6) is 0 Å². The largest absolute Gasteiger partial charge is 0.454 e. The van der Waals surface area contributed by atoms with Gasteiger partial charge in [0.05, 0.1) is 11.4 Å². The third-order valence-corrected chi connectivity index (χ3v) is 7.33. The smallest absolute Gasteiger partial charge is 0.153 e. The summed E-state index contributed by atoms with van der Waals surface area (Å²) < 4.78 is 6.14. The van der Waals surface area contributed by atoms with Gasteiger partial charge in [-0.2, -0.15) is 0 Å². The molecule has 1 atom stereocenters. The monoisotopic (exact) mass is 448 g/mol. The van der Waals surface area contributed by atoms with Crippen LogP contribution in [0.15, 0.2) is 83.4 Å². The Morgan fingerprint density at radius 2 is 1.53 bits per heavy atom. The molecule has 0 fully saturated rings. The molecule has 3 aromatic heterocycles. The summed E-state index contributed by atoms with van der Waals surface area (Å²) in [7, 11) is 0. The van der Waals surface area contributed by atoms with E-state index in [1.807, 2.05) is 24.4 Å². The quantitative estimate of drug-likeness (QED) is 0.276. The fourth-order valence-electron chi connectivity index (χ4n) is 4.53. The molecule has 5 aromatic rings. The molecule has 0 aliphatic heterocycles. The van der Waals surface area contributed by atoms with Crippen molar-refractivity contribution in [1.29, 1.82) is 0 Å². The Labute approximate surface area is 201 Å². The topological polar surface area (TPSA) is 38.9 Å². The van der Waals surface area contributed by atoms with Crippen molar-refractivity contribution in [3.8, 4) is 11.3 Å². The fourth-order valence-corrected chi connectivity index (χ4v) is 4.53. The van der Waals surface area contributed by atoms with Crippen molar-refractivity contribution in [2.75, 3.05) is 0 Å². The molecular formula is C31H32N2O. The van der Waals surface area contributed by atoms with Crippen LogP contribution in [-0.2, 0) is 5.41 Å². The minimum atomic E-state index is -0.213. The van der Waals surface area contributed by atoms with E-state index in [-0.39, 0.29) is 10.8 Å². The number of furan rings is 1. The summed E-state index contributed by atoms with van der Waals surface area (Å²) in [5, 5.41) is 1.02. The first-order valence-electron chi connectivity index (χ1n) is 12.0. The van der Waals surface area contributed by atoms with Gasteiger partial charge in [0, 0.05) is 22.6 Å². The molecule has 3 heterocycles. The fraction of sp³-hybridized carbons (Fsp3) is 0.290. The van der Waals surface area contributed by atoms with E-state index in [1.165, 1.54) is 11.1 Å². The van der Waals surface area contributed by atoms with Crippen molar-refractivity contribution < 1.29 is 4.42 Å². The number of aromatic nitrogens is 2. The highest BCUT2D eigenvalue weighted by atomic mass is 16.3. The Hall–Kier alpha value is -3.46. The Morgan fingerprint density at radius 1 is 0.794 bits per heavy atom. The number of nitrogens with zero attached hydrogens (tertiary/aromatic N) is 2. The van der Waals surface area contributed by atoms with Gasteiger partial charge in [-0.15, -0.1) is 0 Å². The van der Waals surface area contributed by atoms with E-state index in [9.17, 15) is 0 Å². The van der Waals surface area contributed by atoms with Gasteiger partial charge < -0.3 is 4.42 Å². The van der Waals surface area contributed by atoms with E-state index in [0.29, 0.717) is 5.92 Å². The lowest BCUT2D eigenvalue weighted by atomic mass is 9.78. The van der Waals surface area contributed by atoms with E-state index >= 15 is 0 Å². The molecule has 0 N–H and O–H groups in total. The molecule has 0 saturated carbocycles. The van der Waals surface area contributed by atoms with Crippen molar-refractivity contribution in [3.63, 3.8) is 0 Å². The Kier molecular flexibility index (Phi) is 5.31. The van der Waals surface area contributed by atoms with Gasteiger partial charge in [0.15, 0.2) is 5.58 Å². The Balaban J connectivity index is 1.61. The minimum absolute atomic E-state index is 0.190. The van der Waals surface area contributed by atoms with E-state index < -0.39 is 0 Å². The molecule has 34 heavy (non-hydrogen) atoms. The van der Waals surface area contributed by atoms with Gasteiger partial charge in [0.25, 0.3) is 0 Å². The molecule has 0 spiro atoms. The van der Waals surface area contributed by atoms with Gasteiger partial charge in [-0.3, -0.25) is 4.98 Å². The summed E-state index contributed by atoms with van der Waals surface area (Å²) in [6.07, 6.45) is 1.92. The van der Waals surface area contributed by atoms with Crippen LogP contribution in [0.3, 0.4) is 0 Å². The first-order chi connectivity index (χ1) is 16.1. The highest BCUT2D eigenvalue weighted by Crippen LogP contribution is 2.37. The molecular weight excluding hydrogens is 416 g/mol. The van der Waals surface area contributed by atoms with Crippen LogP contribution >= 0.6 is 0 Å². The second-order valence-electron chi connectivity index (χ2n) is 10.9. The molecule has 0 saturated heterocycles. The zero-order valence-electron chi connectivity index (χ0n) is 20.9. The zero-order chi connectivity index (χ0) is 24.1. The summed E-state index contributed by atoms with van der Waals surface area (Å²) in [5.74, 6) is 0.428. The normalized spacial score (nSPS) is 13.5. The molecule has 0 aliphatic rings. The van der Waals surface area contributed by atoms with Gasteiger partial charge in [-0.25, -0.2) is 4.98 Å². The average molecular weight is 449 g/mol. The van der Waals surface area contributed by atoms with Crippen molar-refractivity contribution >= 4 is 22.1 Å². The van der Waals surface area contributed by atoms with Crippen molar-refractivity contribution in [2.24, 2.45) is 5.41 Å². The number of hydrogen-bond donors (Lipinski definition) is 0. The summed E-state index contributed by atoms with van der Waals surface area (Å²) in [5.41, 5.74) is 8.16. The van der Waals surface area contributed by atoms with E-state index in [0.717, 1.165) is 39.0 Å². The summed E-state index contributed by atoms with van der Waals surface area (Å²) in [6, 6.07) is 25.3. The number of hydrogen-bond acceptors (Lipinski definition) is 3. The second kappa shape index (κ2) is 8.09. The highest BCUT2D eigenvalue weighted by molar-refractivity contribution is 6.04. The number of benzene rings is 2. The lowest BCUT2D eigenvalue weighted by Gasteiger charge is -2.27. The summed E-state index contributed by atoms with van der Waals surface area (Å²) in [4.78, 5) is 9.80. The molecule has 172 valence electrons. The first-order valence-corrected chi connectivity index (χ1v) is 12.0. The molecule has 0 bridgehead atoms.